The van der Waals surface area contributed by atoms with Gasteiger partial charge in [0.25, 0.3) is 0 Å². The minimum atomic E-state index is 0.103. The Labute approximate surface area is 110 Å². The zero-order valence-electron chi connectivity index (χ0n) is 10.9. The van der Waals surface area contributed by atoms with E-state index in [1.54, 1.807) is 33.5 Å². The molecule has 2 N–H and O–H groups in total. The van der Waals surface area contributed by atoms with E-state index >= 15 is 0 Å². The average molecular weight is 262 g/mol. The summed E-state index contributed by atoms with van der Waals surface area (Å²) in [5, 5.41) is 7.38. The summed E-state index contributed by atoms with van der Waals surface area (Å²) in [6.07, 6.45) is 1.51. The zero-order valence-corrected chi connectivity index (χ0v) is 10.9. The maximum Gasteiger partial charge on any atom is 0.240 e. The molecule has 0 atom stereocenters. The first-order chi connectivity index (χ1) is 9.19. The summed E-state index contributed by atoms with van der Waals surface area (Å²) < 4.78 is 15.8. The molecule has 19 heavy (non-hydrogen) atoms. The highest BCUT2D eigenvalue weighted by Gasteiger charge is 2.15. The van der Waals surface area contributed by atoms with E-state index < -0.39 is 0 Å². The SMILES string of the molecule is COc1cc(-c2cnnc(N)n2)cc(OC)c1OC. The van der Waals surface area contributed by atoms with Crippen LogP contribution >= 0.6 is 0 Å². The smallest absolute Gasteiger partial charge is 0.240 e. The van der Waals surface area contributed by atoms with Crippen molar-refractivity contribution >= 4 is 5.95 Å². The molecule has 0 aliphatic rings. The van der Waals surface area contributed by atoms with Gasteiger partial charge in [0, 0.05) is 5.56 Å². The van der Waals surface area contributed by atoms with Crippen molar-refractivity contribution in [2.45, 2.75) is 0 Å². The number of nitrogens with two attached hydrogens (primary N) is 1. The largest absolute Gasteiger partial charge is 0.493 e. The van der Waals surface area contributed by atoms with Crippen LogP contribution in [0.4, 0.5) is 5.95 Å². The minimum Gasteiger partial charge on any atom is -0.493 e. The van der Waals surface area contributed by atoms with Crippen molar-refractivity contribution in [2.24, 2.45) is 0 Å². The predicted octanol–water partition coefficient (Wildman–Crippen LogP) is 1.15. The normalized spacial score (nSPS) is 10.1. The van der Waals surface area contributed by atoms with Crippen molar-refractivity contribution in [3.63, 3.8) is 0 Å². The lowest BCUT2D eigenvalue weighted by Crippen LogP contribution is -1.99. The third-order valence-electron chi connectivity index (χ3n) is 2.54. The van der Waals surface area contributed by atoms with E-state index in [4.69, 9.17) is 19.9 Å². The fourth-order valence-electron chi connectivity index (χ4n) is 1.69. The molecule has 7 heteroatoms. The number of nitrogen functional groups attached to an aromatic ring is 1. The molecule has 0 amide bonds. The molecule has 0 aliphatic carbocycles. The summed E-state index contributed by atoms with van der Waals surface area (Å²) in [6.45, 7) is 0. The summed E-state index contributed by atoms with van der Waals surface area (Å²) >= 11 is 0. The number of benzene rings is 1. The van der Waals surface area contributed by atoms with Gasteiger partial charge in [0.05, 0.1) is 33.2 Å². The summed E-state index contributed by atoms with van der Waals surface area (Å²) in [7, 11) is 4.64. The van der Waals surface area contributed by atoms with Gasteiger partial charge >= 0.3 is 0 Å². The number of anilines is 1. The van der Waals surface area contributed by atoms with Gasteiger partial charge in [-0.25, -0.2) is 4.98 Å². The second-order valence-corrected chi connectivity index (χ2v) is 3.61. The molecule has 0 saturated heterocycles. The second kappa shape index (κ2) is 5.38. The Morgan fingerprint density at radius 1 is 1.00 bits per heavy atom. The molecule has 0 spiro atoms. The lowest BCUT2D eigenvalue weighted by Gasteiger charge is -2.13. The molecule has 1 heterocycles. The molecule has 0 bridgehead atoms. The highest BCUT2D eigenvalue weighted by atomic mass is 16.5. The van der Waals surface area contributed by atoms with E-state index in [2.05, 4.69) is 15.2 Å². The highest BCUT2D eigenvalue weighted by Crippen LogP contribution is 2.40. The van der Waals surface area contributed by atoms with E-state index in [0.29, 0.717) is 22.9 Å². The topological polar surface area (TPSA) is 92.4 Å². The number of methoxy groups -OCH3 is 3. The third kappa shape index (κ3) is 2.49. The number of aromatic nitrogens is 3. The van der Waals surface area contributed by atoms with Crippen LogP contribution in [0, 0.1) is 0 Å². The van der Waals surface area contributed by atoms with Crippen LogP contribution in [0.2, 0.25) is 0 Å². The zero-order chi connectivity index (χ0) is 13.8. The Bertz CT molecular complexity index is 564. The minimum absolute atomic E-state index is 0.103. The molecule has 7 nitrogen and oxygen atoms in total. The van der Waals surface area contributed by atoms with Gasteiger partial charge in [0.2, 0.25) is 11.7 Å². The number of nitrogens with zero attached hydrogens (tertiary/aromatic N) is 3. The molecule has 0 fully saturated rings. The number of rotatable bonds is 4. The first-order valence-electron chi connectivity index (χ1n) is 5.45. The van der Waals surface area contributed by atoms with Crippen LogP contribution in [-0.2, 0) is 0 Å². The summed E-state index contributed by atoms with van der Waals surface area (Å²) in [4.78, 5) is 4.10. The van der Waals surface area contributed by atoms with E-state index in [0.717, 1.165) is 5.56 Å². The summed E-state index contributed by atoms with van der Waals surface area (Å²) in [5.41, 5.74) is 6.84. The van der Waals surface area contributed by atoms with Gasteiger partial charge < -0.3 is 19.9 Å². The van der Waals surface area contributed by atoms with Crippen LogP contribution in [0.3, 0.4) is 0 Å². The van der Waals surface area contributed by atoms with Crippen LogP contribution in [-0.4, -0.2) is 36.5 Å². The molecular weight excluding hydrogens is 248 g/mol. The lowest BCUT2D eigenvalue weighted by molar-refractivity contribution is 0.324. The number of hydrogen-bond donors (Lipinski definition) is 1. The number of ether oxygens (including phenoxy) is 3. The third-order valence-corrected chi connectivity index (χ3v) is 2.54. The fraction of sp³-hybridized carbons (Fsp3) is 0.250. The maximum atomic E-state index is 5.52. The molecule has 0 radical (unpaired) electrons. The molecule has 0 saturated carbocycles. The second-order valence-electron chi connectivity index (χ2n) is 3.61. The van der Waals surface area contributed by atoms with E-state index in [9.17, 15) is 0 Å². The van der Waals surface area contributed by atoms with Gasteiger partial charge in [-0.05, 0) is 12.1 Å². The fourth-order valence-corrected chi connectivity index (χ4v) is 1.69. The van der Waals surface area contributed by atoms with Crippen molar-refractivity contribution in [2.75, 3.05) is 27.1 Å². The van der Waals surface area contributed by atoms with E-state index in [-0.39, 0.29) is 5.95 Å². The number of hydrogen-bond acceptors (Lipinski definition) is 7. The molecule has 100 valence electrons. The Hall–Kier alpha value is -2.57. The van der Waals surface area contributed by atoms with E-state index in [1.807, 2.05) is 0 Å². The van der Waals surface area contributed by atoms with Crippen molar-refractivity contribution < 1.29 is 14.2 Å². The van der Waals surface area contributed by atoms with Crippen molar-refractivity contribution in [3.8, 4) is 28.5 Å². The van der Waals surface area contributed by atoms with Crippen LogP contribution in [0.15, 0.2) is 18.3 Å². The Kier molecular flexibility index (Phi) is 3.65. The van der Waals surface area contributed by atoms with Crippen molar-refractivity contribution in [1.82, 2.24) is 15.2 Å². The average Bonchev–Trinajstić information content (AvgIpc) is 2.45. The molecule has 0 aliphatic heterocycles. The van der Waals surface area contributed by atoms with Gasteiger partial charge in [0.1, 0.15) is 0 Å². The van der Waals surface area contributed by atoms with Crippen LogP contribution in [0.25, 0.3) is 11.3 Å². The first-order valence-corrected chi connectivity index (χ1v) is 5.45. The van der Waals surface area contributed by atoms with Crippen LogP contribution in [0.5, 0.6) is 17.2 Å². The Morgan fingerprint density at radius 2 is 1.63 bits per heavy atom. The van der Waals surface area contributed by atoms with Gasteiger partial charge in [-0.3, -0.25) is 0 Å². The van der Waals surface area contributed by atoms with Gasteiger partial charge in [-0.15, -0.1) is 5.10 Å². The van der Waals surface area contributed by atoms with Crippen molar-refractivity contribution in [3.05, 3.63) is 18.3 Å². The van der Waals surface area contributed by atoms with E-state index in [1.165, 1.54) is 6.20 Å². The monoisotopic (exact) mass is 262 g/mol. The quantitative estimate of drug-likeness (QED) is 0.883. The lowest BCUT2D eigenvalue weighted by atomic mass is 10.1. The van der Waals surface area contributed by atoms with Crippen LogP contribution in [0.1, 0.15) is 0 Å². The molecular formula is C12H14N4O3. The summed E-state index contributed by atoms with van der Waals surface area (Å²) in [6, 6.07) is 3.54. The predicted molar refractivity (Wildman–Crippen MR) is 69.3 cm³/mol. The van der Waals surface area contributed by atoms with Crippen LogP contribution < -0.4 is 19.9 Å². The molecule has 0 unspecified atom stereocenters. The molecule has 2 aromatic rings. The van der Waals surface area contributed by atoms with Gasteiger partial charge in [-0.1, -0.05) is 0 Å². The Balaban J connectivity index is 2.59. The molecule has 2 rings (SSSR count). The molecule has 1 aromatic heterocycles. The first kappa shape index (κ1) is 12.9. The molecule has 1 aromatic carbocycles. The van der Waals surface area contributed by atoms with Gasteiger partial charge in [0.15, 0.2) is 11.5 Å². The standard InChI is InChI=1S/C12H14N4O3/c1-17-9-4-7(5-10(18-2)11(9)19-3)8-6-14-16-12(13)15-8/h4-6H,1-3H3,(H2,13,15,16). The summed E-state index contributed by atoms with van der Waals surface area (Å²) in [5.74, 6) is 1.69. The highest BCUT2D eigenvalue weighted by molar-refractivity contribution is 5.68. The maximum absolute atomic E-state index is 5.52. The van der Waals surface area contributed by atoms with Crippen molar-refractivity contribution in [1.29, 1.82) is 0 Å². The Morgan fingerprint density at radius 3 is 2.11 bits per heavy atom. The van der Waals surface area contributed by atoms with Gasteiger partial charge in [-0.2, -0.15) is 5.10 Å².